The highest BCUT2D eigenvalue weighted by atomic mass is 16.5. The van der Waals surface area contributed by atoms with Crippen LogP contribution in [0.2, 0.25) is 0 Å². The molecule has 2 aromatic carbocycles. The second kappa shape index (κ2) is 10.9. The third kappa shape index (κ3) is 5.67. The molecule has 2 N–H and O–H groups in total. The summed E-state index contributed by atoms with van der Waals surface area (Å²) in [4.78, 5) is 17.7. The van der Waals surface area contributed by atoms with Crippen LogP contribution in [0.1, 0.15) is 37.0 Å². The summed E-state index contributed by atoms with van der Waals surface area (Å²) in [6.07, 6.45) is 2.25. The number of nitrogens with one attached hydrogen (secondary N) is 2. The number of nitriles is 1. The predicted molar refractivity (Wildman–Crippen MR) is 136 cm³/mol. The van der Waals surface area contributed by atoms with Crippen molar-refractivity contribution in [1.29, 1.82) is 5.26 Å². The quantitative estimate of drug-likeness (QED) is 0.477. The molecular formula is C28H34N4O2. The lowest BCUT2D eigenvalue weighted by molar-refractivity contribution is 0.214. The number of benzene rings is 2. The first-order chi connectivity index (χ1) is 16.5. The zero-order chi connectivity index (χ0) is 24.0. The smallest absolute Gasteiger partial charge is 0.251 e. The number of pyridine rings is 1. The minimum absolute atomic E-state index is 0.0624. The van der Waals surface area contributed by atoms with Gasteiger partial charge in [0, 0.05) is 43.8 Å². The molecular weight excluding hydrogens is 424 g/mol. The van der Waals surface area contributed by atoms with Crippen molar-refractivity contribution in [3.8, 4) is 11.8 Å². The van der Waals surface area contributed by atoms with Gasteiger partial charge in [0.25, 0.3) is 5.56 Å². The largest absolute Gasteiger partial charge is 0.494 e. The van der Waals surface area contributed by atoms with Crippen molar-refractivity contribution >= 4 is 10.9 Å². The Kier molecular flexibility index (Phi) is 7.66. The molecule has 0 spiro atoms. The van der Waals surface area contributed by atoms with Gasteiger partial charge in [0.05, 0.1) is 18.1 Å². The Labute approximate surface area is 201 Å². The Morgan fingerprint density at radius 2 is 1.97 bits per heavy atom. The molecule has 6 heteroatoms. The first-order valence-corrected chi connectivity index (χ1v) is 12.2. The van der Waals surface area contributed by atoms with Gasteiger partial charge in [-0.1, -0.05) is 31.2 Å². The van der Waals surface area contributed by atoms with Crippen molar-refractivity contribution in [2.45, 2.75) is 38.5 Å². The van der Waals surface area contributed by atoms with E-state index in [0.717, 1.165) is 72.5 Å². The Hall–Kier alpha value is -3.14. The maximum absolute atomic E-state index is 12.3. The first-order valence-electron chi connectivity index (χ1n) is 12.2. The van der Waals surface area contributed by atoms with Crippen molar-refractivity contribution in [3.63, 3.8) is 0 Å². The Morgan fingerprint density at radius 1 is 1.15 bits per heavy atom. The number of aromatic nitrogens is 1. The van der Waals surface area contributed by atoms with E-state index in [0.29, 0.717) is 19.4 Å². The molecule has 0 amide bonds. The molecule has 34 heavy (non-hydrogen) atoms. The van der Waals surface area contributed by atoms with Crippen LogP contribution in [0.5, 0.6) is 5.75 Å². The molecule has 1 aliphatic rings. The number of aromatic amines is 1. The van der Waals surface area contributed by atoms with Crippen molar-refractivity contribution < 1.29 is 4.74 Å². The summed E-state index contributed by atoms with van der Waals surface area (Å²) < 4.78 is 6.02. The standard InChI is InChI=1S/C28H34N4O2/c1-3-22-17-23-8-9-24(18-26(23)31-27(22)33)28(2,20-29)19-21-6-4-7-25(16-21)34-15-5-12-32-13-10-30-11-14-32/h4,6-9,16-18,30H,3,5,10-15,19H2,1-2H3,(H,31,33). The van der Waals surface area contributed by atoms with E-state index in [2.05, 4.69) is 21.3 Å². The van der Waals surface area contributed by atoms with Gasteiger partial charge in [0.15, 0.2) is 0 Å². The van der Waals surface area contributed by atoms with Crippen LogP contribution in [0.4, 0.5) is 0 Å². The van der Waals surface area contributed by atoms with E-state index in [4.69, 9.17) is 4.74 Å². The lowest BCUT2D eigenvalue weighted by Crippen LogP contribution is -2.43. The Morgan fingerprint density at radius 3 is 2.74 bits per heavy atom. The third-order valence-corrected chi connectivity index (χ3v) is 6.74. The van der Waals surface area contributed by atoms with Gasteiger partial charge in [-0.05, 0) is 67.0 Å². The number of fused-ring (bicyclic) bond motifs is 1. The van der Waals surface area contributed by atoms with Crippen LogP contribution >= 0.6 is 0 Å². The lowest BCUT2D eigenvalue weighted by atomic mass is 9.78. The minimum Gasteiger partial charge on any atom is -0.494 e. The Balaban J connectivity index is 1.44. The third-order valence-electron chi connectivity index (χ3n) is 6.74. The van der Waals surface area contributed by atoms with Gasteiger partial charge in [-0.3, -0.25) is 4.79 Å². The van der Waals surface area contributed by atoms with E-state index in [1.165, 1.54) is 0 Å². The second-order valence-electron chi connectivity index (χ2n) is 9.34. The first kappa shape index (κ1) is 24.0. The Bertz CT molecular complexity index is 1220. The van der Waals surface area contributed by atoms with E-state index < -0.39 is 5.41 Å². The van der Waals surface area contributed by atoms with Crippen molar-refractivity contribution in [2.75, 3.05) is 39.3 Å². The molecule has 0 radical (unpaired) electrons. The molecule has 178 valence electrons. The molecule has 3 aromatic rings. The maximum Gasteiger partial charge on any atom is 0.251 e. The molecule has 0 aliphatic carbocycles. The molecule has 2 heterocycles. The number of nitrogens with zero attached hydrogens (tertiary/aromatic N) is 2. The van der Waals surface area contributed by atoms with Gasteiger partial charge in [-0.15, -0.1) is 0 Å². The average Bonchev–Trinajstić information content (AvgIpc) is 2.86. The zero-order valence-corrected chi connectivity index (χ0v) is 20.2. The summed E-state index contributed by atoms with van der Waals surface area (Å²) in [5.74, 6) is 0.841. The van der Waals surface area contributed by atoms with Crippen molar-refractivity contribution in [2.24, 2.45) is 0 Å². The highest BCUT2D eigenvalue weighted by Crippen LogP contribution is 2.30. The van der Waals surface area contributed by atoms with Crippen LogP contribution in [0.3, 0.4) is 0 Å². The van der Waals surface area contributed by atoms with E-state index in [9.17, 15) is 10.1 Å². The van der Waals surface area contributed by atoms with Gasteiger partial charge in [0.2, 0.25) is 0 Å². The van der Waals surface area contributed by atoms with Gasteiger partial charge in [0.1, 0.15) is 5.75 Å². The fraction of sp³-hybridized carbons (Fsp3) is 0.429. The molecule has 6 nitrogen and oxygen atoms in total. The van der Waals surface area contributed by atoms with Gasteiger partial charge >= 0.3 is 0 Å². The molecule has 1 aromatic heterocycles. The number of ether oxygens (including phenoxy) is 1. The molecule has 0 saturated carbocycles. The average molecular weight is 459 g/mol. The van der Waals surface area contributed by atoms with Gasteiger partial charge < -0.3 is 19.9 Å². The zero-order valence-electron chi connectivity index (χ0n) is 20.2. The predicted octanol–water partition coefficient (Wildman–Crippen LogP) is 3.79. The minimum atomic E-state index is -0.727. The van der Waals surface area contributed by atoms with Crippen molar-refractivity contribution in [1.82, 2.24) is 15.2 Å². The summed E-state index contributed by atoms with van der Waals surface area (Å²) in [5, 5.41) is 14.5. The fourth-order valence-corrected chi connectivity index (χ4v) is 4.62. The van der Waals surface area contributed by atoms with E-state index in [1.807, 2.05) is 62.4 Å². The fourth-order valence-electron chi connectivity index (χ4n) is 4.62. The molecule has 1 aliphatic heterocycles. The van der Waals surface area contributed by atoms with E-state index >= 15 is 0 Å². The number of H-pyrrole nitrogens is 1. The second-order valence-corrected chi connectivity index (χ2v) is 9.34. The number of rotatable bonds is 9. The van der Waals surface area contributed by atoms with Crippen molar-refractivity contribution in [3.05, 3.63) is 75.6 Å². The summed E-state index contributed by atoms with van der Waals surface area (Å²) in [6, 6.07) is 18.4. The number of aryl methyl sites for hydroxylation is 1. The maximum atomic E-state index is 12.3. The molecule has 0 bridgehead atoms. The highest BCUT2D eigenvalue weighted by molar-refractivity contribution is 5.80. The number of hydrogen-bond donors (Lipinski definition) is 2. The van der Waals surface area contributed by atoms with Crippen LogP contribution < -0.4 is 15.6 Å². The molecule has 1 atom stereocenters. The summed E-state index contributed by atoms with van der Waals surface area (Å²) in [7, 11) is 0. The van der Waals surface area contributed by atoms with Crippen LogP contribution in [0.15, 0.2) is 53.3 Å². The van der Waals surface area contributed by atoms with E-state index in [-0.39, 0.29) is 5.56 Å². The topological polar surface area (TPSA) is 81.2 Å². The van der Waals surface area contributed by atoms with Gasteiger partial charge in [-0.2, -0.15) is 5.26 Å². The molecule has 4 rings (SSSR count). The van der Waals surface area contributed by atoms with Crippen LogP contribution in [-0.4, -0.2) is 49.2 Å². The highest BCUT2D eigenvalue weighted by Gasteiger charge is 2.27. The van der Waals surface area contributed by atoms with Crippen LogP contribution in [0.25, 0.3) is 10.9 Å². The molecule has 1 saturated heterocycles. The monoisotopic (exact) mass is 458 g/mol. The summed E-state index contributed by atoms with van der Waals surface area (Å²) >= 11 is 0. The SMILES string of the molecule is CCc1cc2ccc(C(C)(C#N)Cc3cccc(OCCCN4CCNCC4)c3)cc2[nH]c1=O. The number of hydrogen-bond acceptors (Lipinski definition) is 5. The summed E-state index contributed by atoms with van der Waals surface area (Å²) in [6.45, 7) is 9.99. The van der Waals surface area contributed by atoms with Crippen LogP contribution in [-0.2, 0) is 18.3 Å². The molecule has 1 fully saturated rings. The lowest BCUT2D eigenvalue weighted by Gasteiger charge is -2.27. The molecule has 1 unspecified atom stereocenters. The number of piperazine rings is 1. The van der Waals surface area contributed by atoms with E-state index in [1.54, 1.807) is 0 Å². The van der Waals surface area contributed by atoms with Gasteiger partial charge in [-0.25, -0.2) is 0 Å². The summed E-state index contributed by atoms with van der Waals surface area (Å²) in [5.41, 5.74) is 2.70. The van der Waals surface area contributed by atoms with Crippen LogP contribution in [0, 0.1) is 11.3 Å². The normalized spacial score (nSPS) is 16.1.